The molecule has 0 aromatic heterocycles. The van der Waals surface area contributed by atoms with Crippen molar-refractivity contribution in [2.75, 3.05) is 0 Å². The zero-order valence-corrected chi connectivity index (χ0v) is 7.28. The van der Waals surface area contributed by atoms with Gasteiger partial charge in [-0.15, -0.1) is 0 Å². The van der Waals surface area contributed by atoms with Crippen LogP contribution in [0.25, 0.3) is 0 Å². The minimum Gasteiger partial charge on any atom is -0.0704 e. The third-order valence-electron chi connectivity index (χ3n) is 1.83. The second-order valence-electron chi connectivity index (χ2n) is 2.73. The van der Waals surface area contributed by atoms with Crippen molar-refractivity contribution in [1.82, 2.24) is 0 Å². The molecule has 0 fully saturated rings. The van der Waals surface area contributed by atoms with Crippen molar-refractivity contribution >= 4 is 0 Å². The summed E-state index contributed by atoms with van der Waals surface area (Å²) in [6.45, 7) is 11.8. The van der Waals surface area contributed by atoms with Crippen molar-refractivity contribution in [2.24, 2.45) is 0 Å². The normalized spacial score (nSPS) is 12.7. The molecule has 0 unspecified atom stereocenters. The van der Waals surface area contributed by atoms with Crippen LogP contribution in [0.5, 0.6) is 0 Å². The van der Waals surface area contributed by atoms with Crippen molar-refractivity contribution in [2.45, 2.75) is 40.0 Å². The van der Waals surface area contributed by atoms with E-state index in [1.807, 2.05) is 0 Å². The zero-order valence-electron chi connectivity index (χ0n) is 7.28. The summed E-state index contributed by atoms with van der Waals surface area (Å²) >= 11 is 0. The predicted molar refractivity (Wildman–Crippen MR) is 46.8 cm³/mol. The molecule has 0 rings (SSSR count). The van der Waals surface area contributed by atoms with E-state index >= 15 is 0 Å². The Kier molecular flexibility index (Phi) is 5.00. The van der Waals surface area contributed by atoms with Gasteiger partial charge in [-0.1, -0.05) is 37.1 Å². The van der Waals surface area contributed by atoms with Crippen LogP contribution < -0.4 is 0 Å². The largest absolute Gasteiger partial charge is 0.0704 e. The van der Waals surface area contributed by atoms with Crippen LogP contribution in [0.15, 0.2) is 17.2 Å². The van der Waals surface area contributed by atoms with Crippen LogP contribution in [0.3, 0.4) is 0 Å². The Morgan fingerprint density at radius 3 is 2.40 bits per heavy atom. The average molecular weight is 137 g/mol. The SMILES string of the molecule is [CH]=CC(C)=C(C)CCCC. The summed E-state index contributed by atoms with van der Waals surface area (Å²) in [5.74, 6) is 0. The molecule has 0 aromatic carbocycles. The van der Waals surface area contributed by atoms with Crippen LogP contribution in [0, 0.1) is 6.58 Å². The van der Waals surface area contributed by atoms with Crippen molar-refractivity contribution < 1.29 is 0 Å². The maximum atomic E-state index is 5.36. The second kappa shape index (κ2) is 5.28. The molecule has 1 radical (unpaired) electrons. The summed E-state index contributed by atoms with van der Waals surface area (Å²) in [6.07, 6.45) is 5.41. The fourth-order valence-corrected chi connectivity index (χ4v) is 0.781. The molecule has 0 spiro atoms. The highest BCUT2D eigenvalue weighted by Gasteiger charge is 1.91. The summed E-state index contributed by atoms with van der Waals surface area (Å²) in [4.78, 5) is 0. The first-order valence-corrected chi connectivity index (χ1v) is 3.93. The maximum Gasteiger partial charge on any atom is -0.0317 e. The fraction of sp³-hybridized carbons (Fsp3) is 0.600. The smallest absolute Gasteiger partial charge is 0.0317 e. The molecule has 0 nitrogen and oxygen atoms in total. The van der Waals surface area contributed by atoms with Crippen LogP contribution in [0.2, 0.25) is 0 Å². The molecule has 0 saturated carbocycles. The van der Waals surface area contributed by atoms with Gasteiger partial charge >= 0.3 is 0 Å². The van der Waals surface area contributed by atoms with Gasteiger partial charge < -0.3 is 0 Å². The van der Waals surface area contributed by atoms with E-state index in [-0.39, 0.29) is 0 Å². The summed E-state index contributed by atoms with van der Waals surface area (Å²) in [5, 5.41) is 0. The van der Waals surface area contributed by atoms with Gasteiger partial charge in [-0.25, -0.2) is 0 Å². The van der Waals surface area contributed by atoms with E-state index in [1.54, 1.807) is 6.08 Å². The third-order valence-corrected chi connectivity index (χ3v) is 1.83. The Balaban J connectivity index is 3.79. The molecule has 0 heteroatoms. The summed E-state index contributed by atoms with van der Waals surface area (Å²) in [5.41, 5.74) is 2.65. The maximum absolute atomic E-state index is 5.36. The van der Waals surface area contributed by atoms with Gasteiger partial charge in [-0.2, -0.15) is 0 Å². The Hall–Kier alpha value is -0.520. The fourth-order valence-electron chi connectivity index (χ4n) is 0.781. The highest BCUT2D eigenvalue weighted by atomic mass is 14.0. The molecule has 0 aromatic rings. The topological polar surface area (TPSA) is 0 Å². The Bertz CT molecular complexity index is 129. The Morgan fingerprint density at radius 2 is 2.00 bits per heavy atom. The molecule has 0 N–H and O–H groups in total. The predicted octanol–water partition coefficient (Wildman–Crippen LogP) is 3.50. The molecule has 0 aliphatic rings. The molecule has 0 amide bonds. The number of unbranched alkanes of at least 4 members (excludes halogenated alkanes) is 1. The molecule has 0 saturated heterocycles. The van der Waals surface area contributed by atoms with Crippen LogP contribution in [-0.2, 0) is 0 Å². The summed E-state index contributed by atoms with van der Waals surface area (Å²) in [6, 6.07) is 0. The van der Waals surface area contributed by atoms with Gasteiger partial charge in [0.1, 0.15) is 0 Å². The summed E-state index contributed by atoms with van der Waals surface area (Å²) in [7, 11) is 0. The van der Waals surface area contributed by atoms with E-state index in [9.17, 15) is 0 Å². The lowest BCUT2D eigenvalue weighted by Gasteiger charge is -2.01. The summed E-state index contributed by atoms with van der Waals surface area (Å²) < 4.78 is 0. The lowest BCUT2D eigenvalue weighted by molar-refractivity contribution is 0.783. The van der Waals surface area contributed by atoms with E-state index in [1.165, 1.54) is 30.4 Å². The van der Waals surface area contributed by atoms with Gasteiger partial charge in [0, 0.05) is 0 Å². The zero-order chi connectivity index (χ0) is 7.98. The number of rotatable bonds is 4. The Labute approximate surface area is 64.6 Å². The van der Waals surface area contributed by atoms with Gasteiger partial charge in [-0.3, -0.25) is 0 Å². The highest BCUT2D eigenvalue weighted by molar-refractivity contribution is 5.19. The standard InChI is InChI=1S/C10H17/c1-5-7-8-10(4)9(3)6-2/h2,6H,5,7-8H2,1,3-4H3. The van der Waals surface area contributed by atoms with Crippen LogP contribution in [0.1, 0.15) is 40.0 Å². The first-order valence-electron chi connectivity index (χ1n) is 3.93. The van der Waals surface area contributed by atoms with Crippen LogP contribution in [0.4, 0.5) is 0 Å². The molecule has 57 valence electrons. The molecule has 0 aliphatic heterocycles. The van der Waals surface area contributed by atoms with Crippen molar-refractivity contribution in [3.05, 3.63) is 23.8 Å². The number of hydrogen-bond donors (Lipinski definition) is 0. The third kappa shape index (κ3) is 3.49. The van der Waals surface area contributed by atoms with Crippen molar-refractivity contribution in [3.8, 4) is 0 Å². The van der Waals surface area contributed by atoms with E-state index in [0.717, 1.165) is 0 Å². The minimum absolute atomic E-state index is 1.19. The minimum atomic E-state index is 1.19. The van der Waals surface area contributed by atoms with E-state index in [2.05, 4.69) is 20.8 Å². The number of hydrogen-bond acceptors (Lipinski definition) is 0. The van der Waals surface area contributed by atoms with Crippen molar-refractivity contribution in [1.29, 1.82) is 0 Å². The number of allylic oxidation sites excluding steroid dienone is 3. The van der Waals surface area contributed by atoms with Gasteiger partial charge in [0.05, 0.1) is 0 Å². The molecular weight excluding hydrogens is 120 g/mol. The second-order valence-corrected chi connectivity index (χ2v) is 2.73. The average Bonchev–Trinajstić information content (AvgIpc) is 1.98. The first kappa shape index (κ1) is 9.48. The molecule has 0 atom stereocenters. The van der Waals surface area contributed by atoms with E-state index < -0.39 is 0 Å². The Morgan fingerprint density at radius 1 is 1.40 bits per heavy atom. The lowest BCUT2D eigenvalue weighted by atomic mass is 10.1. The van der Waals surface area contributed by atoms with Gasteiger partial charge in [0.2, 0.25) is 0 Å². The first-order chi connectivity index (χ1) is 4.72. The van der Waals surface area contributed by atoms with Crippen LogP contribution in [-0.4, -0.2) is 0 Å². The molecule has 0 heterocycles. The molecule has 10 heavy (non-hydrogen) atoms. The van der Waals surface area contributed by atoms with Crippen LogP contribution >= 0.6 is 0 Å². The molecule has 0 bridgehead atoms. The lowest BCUT2D eigenvalue weighted by Crippen LogP contribution is -1.81. The van der Waals surface area contributed by atoms with E-state index in [0.29, 0.717) is 0 Å². The van der Waals surface area contributed by atoms with Gasteiger partial charge in [-0.05, 0) is 26.7 Å². The van der Waals surface area contributed by atoms with Gasteiger partial charge in [0.25, 0.3) is 0 Å². The van der Waals surface area contributed by atoms with Gasteiger partial charge in [0.15, 0.2) is 0 Å². The van der Waals surface area contributed by atoms with Crippen molar-refractivity contribution in [3.63, 3.8) is 0 Å². The highest BCUT2D eigenvalue weighted by Crippen LogP contribution is 2.11. The van der Waals surface area contributed by atoms with E-state index in [4.69, 9.17) is 6.58 Å². The monoisotopic (exact) mass is 137 g/mol. The molecular formula is C10H17. The quantitative estimate of drug-likeness (QED) is 0.520. The molecule has 0 aliphatic carbocycles.